The lowest BCUT2D eigenvalue weighted by atomic mass is 9.95. The van der Waals surface area contributed by atoms with Crippen molar-refractivity contribution in [3.05, 3.63) is 59.2 Å². The minimum absolute atomic E-state index is 0.0402. The molecule has 12 heteroatoms. The van der Waals surface area contributed by atoms with E-state index >= 15 is 0 Å². The summed E-state index contributed by atoms with van der Waals surface area (Å²) in [4.78, 5) is 38.9. The molecule has 4 rings (SSSR count). The average molecular weight is 540 g/mol. The Morgan fingerprint density at radius 3 is 2.54 bits per heavy atom. The first-order chi connectivity index (χ1) is 17.6. The topological polar surface area (TPSA) is 97.0 Å². The third-order valence-electron chi connectivity index (χ3n) is 6.39. The number of carbonyl (C=O) groups excluding carboxylic acids is 3. The Labute approximate surface area is 216 Å². The Morgan fingerprint density at radius 2 is 1.86 bits per heavy atom. The number of anilines is 1. The maximum absolute atomic E-state index is 13.3. The first-order valence-corrected chi connectivity index (χ1v) is 12.1. The van der Waals surface area contributed by atoms with Crippen molar-refractivity contribution in [1.29, 1.82) is 0 Å². The van der Waals surface area contributed by atoms with Crippen molar-refractivity contribution in [3.63, 3.8) is 0 Å². The number of ether oxygens (including phenoxy) is 2. The van der Waals surface area contributed by atoms with E-state index in [9.17, 15) is 27.6 Å². The monoisotopic (exact) mass is 539 g/mol. The van der Waals surface area contributed by atoms with Gasteiger partial charge in [-0.25, -0.2) is 0 Å². The van der Waals surface area contributed by atoms with Gasteiger partial charge in [-0.2, -0.15) is 13.2 Å². The van der Waals surface area contributed by atoms with Gasteiger partial charge in [0.2, 0.25) is 5.91 Å². The number of alkyl halides is 4. The number of nitrogens with one attached hydrogen (secondary N) is 2. The fraction of sp³-hybridized carbons (Fsp3) is 0.400. The van der Waals surface area contributed by atoms with E-state index in [0.29, 0.717) is 30.8 Å². The van der Waals surface area contributed by atoms with Crippen LogP contribution in [-0.2, 0) is 15.7 Å². The van der Waals surface area contributed by atoms with Crippen LogP contribution in [0.2, 0.25) is 0 Å². The third-order valence-corrected chi connectivity index (χ3v) is 6.63. The highest BCUT2D eigenvalue weighted by molar-refractivity contribution is 6.27. The van der Waals surface area contributed by atoms with Crippen LogP contribution in [0, 0.1) is 0 Å². The maximum atomic E-state index is 13.3. The van der Waals surface area contributed by atoms with E-state index in [1.54, 1.807) is 24.1 Å². The van der Waals surface area contributed by atoms with E-state index in [4.69, 9.17) is 21.1 Å². The number of rotatable bonds is 5. The molecule has 2 N–H and O–H groups in total. The zero-order valence-corrected chi connectivity index (χ0v) is 20.6. The third kappa shape index (κ3) is 6.16. The van der Waals surface area contributed by atoms with Crippen molar-refractivity contribution in [3.8, 4) is 5.75 Å². The molecule has 2 heterocycles. The highest BCUT2D eigenvalue weighted by Crippen LogP contribution is 2.32. The van der Waals surface area contributed by atoms with E-state index in [0.717, 1.165) is 24.3 Å². The van der Waals surface area contributed by atoms with Gasteiger partial charge in [-0.05, 0) is 55.3 Å². The zero-order valence-electron chi connectivity index (χ0n) is 19.8. The van der Waals surface area contributed by atoms with Gasteiger partial charge in [0, 0.05) is 24.8 Å². The summed E-state index contributed by atoms with van der Waals surface area (Å²) in [6, 6.07) is 8.15. The van der Waals surface area contributed by atoms with Gasteiger partial charge in [0.25, 0.3) is 11.8 Å². The van der Waals surface area contributed by atoms with Crippen molar-refractivity contribution in [2.24, 2.45) is 0 Å². The molecule has 0 saturated carbocycles. The van der Waals surface area contributed by atoms with Crippen LogP contribution in [0.15, 0.2) is 42.5 Å². The molecule has 0 aromatic heterocycles. The Kier molecular flexibility index (Phi) is 7.93. The molecule has 37 heavy (non-hydrogen) atoms. The SMILES string of the molecule is CN1C(=O)c2cc(NC(=O)c3ccc(C(F)(F)F)cc3)ccc2OC[C@@H]2O[C@H](CNC(=O)CCl)CC[C@@H]21. The van der Waals surface area contributed by atoms with Gasteiger partial charge in [-0.15, -0.1) is 11.6 Å². The fourth-order valence-electron chi connectivity index (χ4n) is 4.39. The van der Waals surface area contributed by atoms with Gasteiger partial charge < -0.3 is 25.0 Å². The van der Waals surface area contributed by atoms with E-state index in [-0.39, 0.29) is 47.6 Å². The predicted molar refractivity (Wildman–Crippen MR) is 129 cm³/mol. The molecule has 0 radical (unpaired) electrons. The molecule has 1 saturated heterocycles. The molecular formula is C25H25ClF3N3O5. The summed E-state index contributed by atoms with van der Waals surface area (Å²) >= 11 is 5.52. The lowest BCUT2D eigenvalue weighted by Crippen LogP contribution is -2.54. The van der Waals surface area contributed by atoms with Crippen LogP contribution in [0.25, 0.3) is 0 Å². The highest BCUT2D eigenvalue weighted by atomic mass is 35.5. The summed E-state index contributed by atoms with van der Waals surface area (Å²) < 4.78 is 50.4. The maximum Gasteiger partial charge on any atom is 0.416 e. The van der Waals surface area contributed by atoms with Crippen molar-refractivity contribution in [2.45, 2.75) is 37.3 Å². The van der Waals surface area contributed by atoms with Crippen LogP contribution in [0.5, 0.6) is 5.75 Å². The molecule has 8 nitrogen and oxygen atoms in total. The number of amides is 3. The van der Waals surface area contributed by atoms with Crippen molar-refractivity contribution in [1.82, 2.24) is 10.2 Å². The largest absolute Gasteiger partial charge is 0.490 e. The Hall–Kier alpha value is -3.31. The molecule has 3 amide bonds. The first kappa shape index (κ1) is 26.7. The molecule has 198 valence electrons. The second-order valence-corrected chi connectivity index (χ2v) is 9.11. The smallest absolute Gasteiger partial charge is 0.416 e. The molecule has 0 unspecified atom stereocenters. The summed E-state index contributed by atoms with van der Waals surface area (Å²) in [6.45, 7) is 0.484. The highest BCUT2D eigenvalue weighted by Gasteiger charge is 2.39. The lowest BCUT2D eigenvalue weighted by Gasteiger charge is -2.42. The predicted octanol–water partition coefficient (Wildman–Crippen LogP) is 3.69. The van der Waals surface area contributed by atoms with Crippen molar-refractivity contribution < 1.29 is 37.0 Å². The van der Waals surface area contributed by atoms with Crippen LogP contribution in [0.1, 0.15) is 39.1 Å². The molecule has 2 aliphatic rings. The minimum atomic E-state index is -4.50. The van der Waals surface area contributed by atoms with Crippen LogP contribution < -0.4 is 15.4 Å². The van der Waals surface area contributed by atoms with Crippen molar-refractivity contribution in [2.75, 3.05) is 31.4 Å². The summed E-state index contributed by atoms with van der Waals surface area (Å²) in [7, 11) is 1.67. The average Bonchev–Trinajstić information content (AvgIpc) is 2.89. The second-order valence-electron chi connectivity index (χ2n) is 8.85. The quantitative estimate of drug-likeness (QED) is 0.565. The lowest BCUT2D eigenvalue weighted by molar-refractivity contribution is -0.137. The molecule has 1 fully saturated rings. The Bertz CT molecular complexity index is 1180. The van der Waals surface area contributed by atoms with Crippen LogP contribution in [-0.4, -0.2) is 67.0 Å². The molecular weight excluding hydrogens is 515 g/mol. The number of fused-ring (bicyclic) bond motifs is 2. The molecule has 2 aromatic carbocycles. The van der Waals surface area contributed by atoms with Gasteiger partial charge in [0.1, 0.15) is 24.3 Å². The van der Waals surface area contributed by atoms with Crippen LogP contribution in [0.4, 0.5) is 18.9 Å². The van der Waals surface area contributed by atoms with Gasteiger partial charge in [0.05, 0.1) is 23.3 Å². The van der Waals surface area contributed by atoms with E-state index in [2.05, 4.69) is 10.6 Å². The van der Waals surface area contributed by atoms with E-state index in [1.165, 1.54) is 6.07 Å². The molecule has 0 bridgehead atoms. The number of benzene rings is 2. The fourth-order valence-corrected chi connectivity index (χ4v) is 4.49. The molecule has 2 aromatic rings. The Morgan fingerprint density at radius 1 is 1.14 bits per heavy atom. The number of likely N-dealkylation sites (N-methyl/N-ethyl adjacent to an activating group) is 1. The van der Waals surface area contributed by atoms with E-state index in [1.807, 2.05) is 0 Å². The van der Waals surface area contributed by atoms with Crippen LogP contribution >= 0.6 is 11.6 Å². The molecule has 3 atom stereocenters. The molecule has 2 aliphatic heterocycles. The Balaban J connectivity index is 1.46. The summed E-state index contributed by atoms with van der Waals surface area (Å²) in [5.74, 6) is -1.06. The second kappa shape index (κ2) is 11.0. The number of hydrogen-bond acceptors (Lipinski definition) is 5. The van der Waals surface area contributed by atoms with Gasteiger partial charge in [-0.3, -0.25) is 14.4 Å². The molecule has 0 aliphatic carbocycles. The summed E-state index contributed by atoms with van der Waals surface area (Å²) in [6.07, 6.45) is -3.88. The number of carbonyl (C=O) groups is 3. The van der Waals surface area contributed by atoms with Crippen molar-refractivity contribution >= 4 is 35.0 Å². The standard InChI is InChI=1S/C25H25ClF3N3O5/c1-32-19-8-7-17(12-30-22(33)11-26)37-21(19)13-36-20-9-6-16(10-18(20)24(32)35)31-23(34)14-2-4-15(5-3-14)25(27,28)29/h2-6,9-10,17,19,21H,7-8,11-13H2,1H3,(H,30,33)(H,31,34)/t17-,19-,21-/m0/s1. The number of nitrogens with zero attached hydrogens (tertiary/aromatic N) is 1. The van der Waals surface area contributed by atoms with E-state index < -0.39 is 23.8 Å². The van der Waals surface area contributed by atoms with Gasteiger partial charge >= 0.3 is 6.18 Å². The summed E-state index contributed by atoms with van der Waals surface area (Å²) in [5.41, 5.74) is -0.283. The number of hydrogen-bond donors (Lipinski definition) is 2. The van der Waals surface area contributed by atoms with Gasteiger partial charge in [-0.1, -0.05) is 0 Å². The first-order valence-electron chi connectivity index (χ1n) is 11.6. The van der Waals surface area contributed by atoms with Gasteiger partial charge in [0.15, 0.2) is 0 Å². The van der Waals surface area contributed by atoms with Crippen LogP contribution in [0.3, 0.4) is 0 Å². The number of halogens is 4. The zero-order chi connectivity index (χ0) is 26.7. The minimum Gasteiger partial charge on any atom is -0.490 e. The normalized spacial score (nSPS) is 21.6. The molecule has 0 spiro atoms. The summed E-state index contributed by atoms with van der Waals surface area (Å²) in [5, 5.41) is 5.32.